The fourth-order valence-electron chi connectivity index (χ4n) is 3.90. The lowest BCUT2D eigenvalue weighted by Gasteiger charge is -2.35. The molecule has 2 N–H and O–H groups in total. The first-order chi connectivity index (χ1) is 13.2. The zero-order valence-corrected chi connectivity index (χ0v) is 16.2. The number of guanidine groups is 1. The lowest BCUT2D eigenvalue weighted by atomic mass is 9.94. The topological polar surface area (TPSA) is 74.7 Å². The maximum absolute atomic E-state index is 5.58. The summed E-state index contributed by atoms with van der Waals surface area (Å²) >= 11 is 0. The second-order valence-electron chi connectivity index (χ2n) is 7.23. The van der Waals surface area contributed by atoms with Gasteiger partial charge in [0.25, 0.3) is 0 Å². The molecule has 7 nitrogen and oxygen atoms in total. The molecule has 1 aliphatic carbocycles. The van der Waals surface area contributed by atoms with Crippen LogP contribution in [0, 0.1) is 6.92 Å². The minimum Gasteiger partial charge on any atom is -0.494 e. The van der Waals surface area contributed by atoms with Crippen LogP contribution in [0.15, 0.2) is 23.2 Å². The van der Waals surface area contributed by atoms with Crippen molar-refractivity contribution in [1.29, 1.82) is 0 Å². The first-order valence-corrected chi connectivity index (χ1v) is 9.93. The molecular formula is C20H28N6O. The molecule has 0 atom stereocenters. The van der Waals surface area contributed by atoms with E-state index in [1.165, 1.54) is 32.1 Å². The highest BCUT2D eigenvalue weighted by atomic mass is 16.5. The average Bonchev–Trinajstić information content (AvgIpc) is 2.70. The van der Waals surface area contributed by atoms with Gasteiger partial charge in [0.15, 0.2) is 0 Å². The van der Waals surface area contributed by atoms with Gasteiger partial charge in [-0.1, -0.05) is 19.3 Å². The predicted octanol–water partition coefficient (Wildman–Crippen LogP) is 3.26. The maximum Gasteiger partial charge on any atom is 0.230 e. The van der Waals surface area contributed by atoms with Crippen LogP contribution in [0.2, 0.25) is 0 Å². The molecule has 2 aliphatic rings. The van der Waals surface area contributed by atoms with E-state index < -0.39 is 0 Å². The van der Waals surface area contributed by atoms with Gasteiger partial charge in [-0.3, -0.25) is 10.2 Å². The van der Waals surface area contributed by atoms with Crippen LogP contribution in [0.25, 0.3) is 10.9 Å². The summed E-state index contributed by atoms with van der Waals surface area (Å²) in [5.74, 6) is 2.16. The van der Waals surface area contributed by atoms with Crippen LogP contribution in [0.5, 0.6) is 5.75 Å². The number of fused-ring (bicyclic) bond motifs is 1. The number of anilines is 1. The summed E-state index contributed by atoms with van der Waals surface area (Å²) in [7, 11) is 0. The first-order valence-electron chi connectivity index (χ1n) is 9.93. The summed E-state index contributed by atoms with van der Waals surface area (Å²) in [5.41, 5.74) is 1.82. The van der Waals surface area contributed by atoms with Crippen LogP contribution < -0.4 is 15.4 Å². The van der Waals surface area contributed by atoms with E-state index >= 15 is 0 Å². The van der Waals surface area contributed by atoms with Crippen LogP contribution in [-0.4, -0.2) is 46.8 Å². The van der Waals surface area contributed by atoms with Crippen molar-refractivity contribution in [2.24, 2.45) is 4.99 Å². The third kappa shape index (κ3) is 4.13. The molecule has 2 heterocycles. The second-order valence-corrected chi connectivity index (χ2v) is 7.23. The Hall–Kier alpha value is -2.41. The number of hydrogen-bond donors (Lipinski definition) is 2. The van der Waals surface area contributed by atoms with Crippen molar-refractivity contribution in [1.82, 2.24) is 20.2 Å². The molecular weight excluding hydrogens is 340 g/mol. The Labute approximate surface area is 160 Å². The van der Waals surface area contributed by atoms with Crippen molar-refractivity contribution in [3.63, 3.8) is 0 Å². The maximum atomic E-state index is 5.58. The molecule has 0 spiro atoms. The number of aromatic nitrogens is 2. The summed E-state index contributed by atoms with van der Waals surface area (Å²) in [4.78, 5) is 16.3. The quantitative estimate of drug-likeness (QED) is 0.863. The molecule has 2 aromatic rings. The van der Waals surface area contributed by atoms with E-state index in [4.69, 9.17) is 4.74 Å². The molecule has 0 radical (unpaired) electrons. The van der Waals surface area contributed by atoms with Gasteiger partial charge in [-0.15, -0.1) is 0 Å². The molecule has 1 fully saturated rings. The summed E-state index contributed by atoms with van der Waals surface area (Å²) in [6, 6.07) is 6.58. The molecule has 1 aromatic heterocycles. The van der Waals surface area contributed by atoms with Gasteiger partial charge in [0.2, 0.25) is 11.9 Å². The highest BCUT2D eigenvalue weighted by Crippen LogP contribution is 2.24. The number of rotatable bonds is 4. The summed E-state index contributed by atoms with van der Waals surface area (Å²) in [5, 5.41) is 7.62. The van der Waals surface area contributed by atoms with Gasteiger partial charge in [-0.2, -0.15) is 0 Å². The fourth-order valence-corrected chi connectivity index (χ4v) is 3.90. The van der Waals surface area contributed by atoms with Crippen LogP contribution in [-0.2, 0) is 0 Å². The molecule has 0 unspecified atom stereocenters. The van der Waals surface area contributed by atoms with Gasteiger partial charge in [-0.25, -0.2) is 15.0 Å². The lowest BCUT2D eigenvalue weighted by molar-refractivity contribution is 0.150. The molecule has 1 aliphatic heterocycles. The zero-order valence-electron chi connectivity index (χ0n) is 16.2. The molecule has 1 aromatic carbocycles. The first kappa shape index (κ1) is 18.0. The minimum atomic E-state index is 0.571. The molecule has 1 saturated carbocycles. The Balaban J connectivity index is 1.45. The monoisotopic (exact) mass is 368 g/mol. The van der Waals surface area contributed by atoms with Crippen LogP contribution in [0.1, 0.15) is 44.7 Å². The number of nitrogens with zero attached hydrogens (tertiary/aromatic N) is 4. The van der Waals surface area contributed by atoms with Crippen molar-refractivity contribution in [2.45, 2.75) is 52.0 Å². The predicted molar refractivity (Wildman–Crippen MR) is 108 cm³/mol. The largest absolute Gasteiger partial charge is 0.494 e. The number of benzene rings is 1. The lowest BCUT2D eigenvalue weighted by Crippen LogP contribution is -2.50. The third-order valence-electron chi connectivity index (χ3n) is 5.35. The van der Waals surface area contributed by atoms with Crippen LogP contribution in [0.3, 0.4) is 0 Å². The van der Waals surface area contributed by atoms with Gasteiger partial charge >= 0.3 is 0 Å². The number of hydrogen-bond acceptors (Lipinski definition) is 7. The molecule has 27 heavy (non-hydrogen) atoms. The van der Waals surface area contributed by atoms with E-state index in [0.29, 0.717) is 18.6 Å². The Morgan fingerprint density at radius 2 is 2.07 bits per heavy atom. The Bertz CT molecular complexity index is 831. The van der Waals surface area contributed by atoms with Crippen molar-refractivity contribution in [3.8, 4) is 5.75 Å². The zero-order chi connectivity index (χ0) is 18.6. The highest BCUT2D eigenvalue weighted by Gasteiger charge is 2.23. The molecule has 0 amide bonds. The summed E-state index contributed by atoms with van der Waals surface area (Å²) in [6.07, 6.45) is 6.63. The van der Waals surface area contributed by atoms with Crippen LogP contribution in [0.4, 0.5) is 5.95 Å². The minimum absolute atomic E-state index is 0.571. The SMILES string of the molecule is CCOc1ccc2nc(NC3=NCN(C4CCCCC4)CN3)nc(C)c2c1. The van der Waals surface area contributed by atoms with Crippen molar-refractivity contribution in [2.75, 3.05) is 25.3 Å². The van der Waals surface area contributed by atoms with E-state index in [9.17, 15) is 0 Å². The number of nitrogens with one attached hydrogen (secondary N) is 2. The van der Waals surface area contributed by atoms with E-state index in [-0.39, 0.29) is 0 Å². The van der Waals surface area contributed by atoms with E-state index in [0.717, 1.165) is 41.6 Å². The Kier molecular flexibility index (Phi) is 5.38. The summed E-state index contributed by atoms with van der Waals surface area (Å²) in [6.45, 7) is 6.17. The van der Waals surface area contributed by atoms with Gasteiger partial charge < -0.3 is 10.1 Å². The molecule has 4 rings (SSSR count). The molecule has 0 bridgehead atoms. The van der Waals surface area contributed by atoms with E-state index in [1.807, 2.05) is 32.0 Å². The summed E-state index contributed by atoms with van der Waals surface area (Å²) < 4.78 is 5.58. The number of aliphatic imine (C=N–C) groups is 1. The number of ether oxygens (including phenoxy) is 1. The molecule has 144 valence electrons. The standard InChI is InChI=1S/C20H28N6O/c1-3-27-16-9-10-18-17(11-16)14(2)23-20(24-18)25-19-21-12-26(13-22-19)15-7-5-4-6-8-15/h9-11,15H,3-8,12-13H2,1-2H3,(H2,21,22,23,24,25). The van der Waals surface area contributed by atoms with Gasteiger partial charge in [-0.05, 0) is 44.9 Å². The number of aryl methyl sites for hydroxylation is 1. The van der Waals surface area contributed by atoms with Gasteiger partial charge in [0.05, 0.1) is 31.2 Å². The normalized spacial score (nSPS) is 18.8. The van der Waals surface area contributed by atoms with E-state index in [1.54, 1.807) is 0 Å². The average molecular weight is 368 g/mol. The molecule has 7 heteroatoms. The third-order valence-corrected chi connectivity index (χ3v) is 5.35. The van der Waals surface area contributed by atoms with Crippen molar-refractivity contribution in [3.05, 3.63) is 23.9 Å². The van der Waals surface area contributed by atoms with Crippen LogP contribution >= 0.6 is 0 Å². The highest BCUT2D eigenvalue weighted by molar-refractivity contribution is 5.93. The van der Waals surface area contributed by atoms with Crippen molar-refractivity contribution >= 4 is 22.8 Å². The Morgan fingerprint density at radius 3 is 2.81 bits per heavy atom. The van der Waals surface area contributed by atoms with Gasteiger partial charge in [0.1, 0.15) is 5.75 Å². The fraction of sp³-hybridized carbons (Fsp3) is 0.550. The van der Waals surface area contributed by atoms with Gasteiger partial charge in [0, 0.05) is 11.4 Å². The van der Waals surface area contributed by atoms with E-state index in [2.05, 4.69) is 30.5 Å². The smallest absolute Gasteiger partial charge is 0.230 e. The van der Waals surface area contributed by atoms with Crippen molar-refractivity contribution < 1.29 is 4.74 Å². The second kappa shape index (κ2) is 8.08. The molecule has 0 saturated heterocycles. The Morgan fingerprint density at radius 1 is 1.22 bits per heavy atom.